The van der Waals surface area contributed by atoms with Gasteiger partial charge in [-0.25, -0.2) is 19.6 Å². The van der Waals surface area contributed by atoms with E-state index in [1.165, 1.54) is 29.3 Å². The van der Waals surface area contributed by atoms with E-state index in [1.54, 1.807) is 12.3 Å². The molecule has 0 spiro atoms. The number of hydrogen-bond donors (Lipinski definition) is 6. The lowest BCUT2D eigenvalue weighted by Crippen LogP contribution is -2.50. The molecule has 0 bridgehead atoms. The summed E-state index contributed by atoms with van der Waals surface area (Å²) in [6.07, 6.45) is -7.05. The summed E-state index contributed by atoms with van der Waals surface area (Å²) in [5.41, 5.74) is -1.25. The fraction of sp³-hybridized carbons (Fsp3) is 0.400. The molecule has 14 nitrogen and oxygen atoms in total. The van der Waals surface area contributed by atoms with Gasteiger partial charge in [0.05, 0.1) is 50.1 Å². The molecule has 352 valence electrons. The smallest absolute Gasteiger partial charge is 0.393 e. The number of benzene rings is 2. The second kappa shape index (κ2) is 25.3. The predicted octanol–water partition coefficient (Wildman–Crippen LogP) is 8.56. The molecule has 2 fully saturated rings. The number of piperazine rings is 2. The van der Waals surface area contributed by atoms with Crippen molar-refractivity contribution in [2.75, 3.05) is 80.7 Å². The van der Waals surface area contributed by atoms with Crippen LogP contribution in [0.2, 0.25) is 20.1 Å². The van der Waals surface area contributed by atoms with Crippen molar-refractivity contribution in [3.05, 3.63) is 103 Å². The van der Waals surface area contributed by atoms with Crippen molar-refractivity contribution >= 4 is 81.5 Å². The minimum absolute atomic E-state index is 0. The van der Waals surface area contributed by atoms with Crippen LogP contribution in [0.5, 0.6) is 0 Å². The number of nitrogens with zero attached hydrogens (tertiary/aromatic N) is 6. The average Bonchev–Trinajstić information content (AvgIpc) is 3.24. The summed E-state index contributed by atoms with van der Waals surface area (Å²) in [6.45, 7) is 4.18. The van der Waals surface area contributed by atoms with Gasteiger partial charge in [0.15, 0.2) is 0 Å². The molecule has 4 heterocycles. The number of aromatic nitrogens is 2. The molecule has 2 aliphatic rings. The molecule has 6 N–H and O–H groups in total. The number of carbonyl (C=O) groups excluding carboxylic acids is 2. The SMILES string of the molecule is C.C.O=C(Nc1ccc(Cl)c(C(F)(F)F)c1)N1CCN(c2ncc([C@H](O)CO)cc2Cl)CC1.O=C=Nc1ccc(Cl)c(C(F)(F)F)c1.OC[C@@H](O)c1cnc(N2CCNCC2)c(Cl)c1. The molecule has 2 atom stereocenters. The fourth-order valence-corrected chi connectivity index (χ4v) is 6.84. The Morgan fingerprint density at radius 2 is 1.17 bits per heavy atom. The van der Waals surface area contributed by atoms with Gasteiger partial charge < -0.3 is 45.8 Å². The standard InChI is InChI=1S/C19H19Cl2F3N4O3.C11H16ClN3O2.C8H3ClF3NO.2CH4/c20-14-2-1-12(8-13(14)19(22,23)24)26-18(31)28-5-3-27(4-6-28)17-15(21)7-11(9-25-17)16(30)10-29;12-9-5-8(10(17)7-16)6-14-11(9)15-3-1-13-2-4-15;9-7-2-1-5(13-4-14)3-6(7)8(10,11)12;;/h1-2,7-9,16,29-30H,3-6,10H2,(H,26,31);5-6,10,13,16-17H,1-4,7H2;1-3H;2*1H4/t16-;10-;;;/m11.../s1. The number of rotatable bonds is 8. The molecular formula is C40H46Cl4F6N8O6. The second-order valence-corrected chi connectivity index (χ2v) is 14.9. The minimum atomic E-state index is -4.63. The van der Waals surface area contributed by atoms with E-state index in [0.29, 0.717) is 59.2 Å². The summed E-state index contributed by atoms with van der Waals surface area (Å²) in [7, 11) is 0. The summed E-state index contributed by atoms with van der Waals surface area (Å²) >= 11 is 23.3. The maximum Gasteiger partial charge on any atom is 0.417 e. The predicted molar refractivity (Wildman–Crippen MR) is 235 cm³/mol. The Balaban J connectivity index is 0.000000360. The van der Waals surface area contributed by atoms with E-state index in [4.69, 9.17) is 56.6 Å². The number of nitrogens with one attached hydrogen (secondary N) is 2. The highest BCUT2D eigenvalue weighted by Crippen LogP contribution is 2.38. The van der Waals surface area contributed by atoms with Crippen LogP contribution < -0.4 is 20.4 Å². The van der Waals surface area contributed by atoms with E-state index >= 15 is 0 Å². The van der Waals surface area contributed by atoms with Crippen molar-refractivity contribution in [3.8, 4) is 0 Å². The highest BCUT2D eigenvalue weighted by molar-refractivity contribution is 6.33. The number of alkyl halides is 6. The second-order valence-electron chi connectivity index (χ2n) is 13.2. The molecule has 0 radical (unpaired) electrons. The fourth-order valence-electron chi connectivity index (χ4n) is 5.81. The summed E-state index contributed by atoms with van der Waals surface area (Å²) in [5.74, 6) is 1.21. The van der Waals surface area contributed by atoms with Crippen LogP contribution in [0, 0.1) is 0 Å². The first-order chi connectivity index (χ1) is 29.3. The number of anilines is 3. The van der Waals surface area contributed by atoms with Crippen LogP contribution in [-0.2, 0) is 17.1 Å². The number of halogens is 10. The molecule has 64 heavy (non-hydrogen) atoms. The van der Waals surface area contributed by atoms with Gasteiger partial charge in [0.25, 0.3) is 0 Å². The van der Waals surface area contributed by atoms with E-state index in [9.17, 15) is 46.1 Å². The van der Waals surface area contributed by atoms with Crippen LogP contribution in [0.3, 0.4) is 0 Å². The van der Waals surface area contributed by atoms with Gasteiger partial charge in [-0.15, -0.1) is 0 Å². The summed E-state index contributed by atoms with van der Waals surface area (Å²) in [4.78, 5) is 39.3. The van der Waals surface area contributed by atoms with Crippen LogP contribution in [0.4, 0.5) is 54.1 Å². The zero-order valence-electron chi connectivity index (χ0n) is 32.1. The van der Waals surface area contributed by atoms with Crippen LogP contribution in [0.15, 0.2) is 65.9 Å². The first-order valence-electron chi connectivity index (χ1n) is 18.2. The number of aliphatic hydroxyl groups excluding tert-OH is 4. The Bertz CT molecular complexity index is 2190. The van der Waals surface area contributed by atoms with Crippen molar-refractivity contribution < 1.29 is 56.4 Å². The lowest BCUT2D eigenvalue weighted by atomic mass is 10.1. The molecule has 2 saturated heterocycles. The molecule has 6 rings (SSSR count). The molecule has 4 aromatic rings. The minimum Gasteiger partial charge on any atom is -0.393 e. The van der Waals surface area contributed by atoms with Crippen molar-refractivity contribution in [2.45, 2.75) is 39.4 Å². The Morgan fingerprint density at radius 1 is 0.719 bits per heavy atom. The first kappa shape index (κ1) is 55.7. The maximum atomic E-state index is 13.0. The number of pyridine rings is 2. The highest BCUT2D eigenvalue weighted by Gasteiger charge is 2.34. The summed E-state index contributed by atoms with van der Waals surface area (Å²) in [6, 6.07) is 8.74. The van der Waals surface area contributed by atoms with Crippen LogP contribution in [0.25, 0.3) is 0 Å². The van der Waals surface area contributed by atoms with Crippen molar-refractivity contribution in [2.24, 2.45) is 4.99 Å². The molecule has 2 aliphatic heterocycles. The number of aliphatic hydroxyl groups is 4. The Labute approximate surface area is 385 Å². The van der Waals surface area contributed by atoms with E-state index in [2.05, 4.69) is 30.5 Å². The van der Waals surface area contributed by atoms with E-state index in [-0.39, 0.29) is 32.8 Å². The van der Waals surface area contributed by atoms with E-state index in [1.807, 2.05) is 4.90 Å². The van der Waals surface area contributed by atoms with Gasteiger partial charge >= 0.3 is 18.4 Å². The number of carbonyl (C=O) groups is 1. The first-order valence-corrected chi connectivity index (χ1v) is 19.7. The number of amides is 2. The average molecular weight is 991 g/mol. The summed E-state index contributed by atoms with van der Waals surface area (Å²) < 4.78 is 75.7. The van der Waals surface area contributed by atoms with Gasteiger partial charge in [0.1, 0.15) is 23.8 Å². The third-order valence-electron chi connectivity index (χ3n) is 9.04. The third-order valence-corrected chi connectivity index (χ3v) is 10.3. The largest absolute Gasteiger partial charge is 0.417 e. The molecule has 2 amide bonds. The number of isocyanates is 1. The lowest BCUT2D eigenvalue weighted by molar-refractivity contribution is -0.138. The number of aliphatic imine (C=N–C) groups is 1. The van der Waals surface area contributed by atoms with Crippen molar-refractivity contribution in [1.82, 2.24) is 20.2 Å². The van der Waals surface area contributed by atoms with Gasteiger partial charge in [0, 0.05) is 81.6 Å². The monoisotopic (exact) mass is 988 g/mol. The maximum absolute atomic E-state index is 13.0. The van der Waals surface area contributed by atoms with E-state index < -0.39 is 58.4 Å². The topological polar surface area (TPSA) is 187 Å². The number of hydrogen-bond acceptors (Lipinski definition) is 12. The highest BCUT2D eigenvalue weighted by atomic mass is 35.5. The molecule has 2 aromatic carbocycles. The van der Waals surface area contributed by atoms with Crippen molar-refractivity contribution in [1.29, 1.82) is 0 Å². The molecular weight excluding hydrogens is 944 g/mol. The number of urea groups is 1. The van der Waals surface area contributed by atoms with Gasteiger partial charge in [0.2, 0.25) is 6.08 Å². The third kappa shape index (κ3) is 15.6. The van der Waals surface area contributed by atoms with Gasteiger partial charge in [-0.2, -0.15) is 31.3 Å². The molecule has 2 aromatic heterocycles. The van der Waals surface area contributed by atoms with Gasteiger partial charge in [-0.3, -0.25) is 0 Å². The molecule has 0 unspecified atom stereocenters. The molecule has 0 aliphatic carbocycles. The van der Waals surface area contributed by atoms with Gasteiger partial charge in [-0.1, -0.05) is 61.3 Å². The Hall–Kier alpha value is -4.47. The zero-order valence-corrected chi connectivity index (χ0v) is 35.1. The van der Waals surface area contributed by atoms with Gasteiger partial charge in [-0.05, 0) is 48.5 Å². The Morgan fingerprint density at radius 3 is 1.61 bits per heavy atom. The normalized spacial score (nSPS) is 14.8. The molecule has 24 heteroatoms. The summed E-state index contributed by atoms with van der Waals surface area (Å²) in [5, 5.41) is 42.7. The zero-order chi connectivity index (χ0) is 45.8. The van der Waals surface area contributed by atoms with Crippen LogP contribution in [-0.4, -0.2) is 113 Å². The van der Waals surface area contributed by atoms with E-state index in [0.717, 1.165) is 56.3 Å². The van der Waals surface area contributed by atoms with Crippen molar-refractivity contribution in [3.63, 3.8) is 0 Å². The lowest BCUT2D eigenvalue weighted by Gasteiger charge is -2.35. The van der Waals surface area contributed by atoms with Crippen LogP contribution in [0.1, 0.15) is 49.3 Å². The quantitative estimate of drug-likeness (QED) is 0.0565. The molecule has 0 saturated carbocycles. The van der Waals surface area contributed by atoms with Crippen LogP contribution >= 0.6 is 46.4 Å². The Kier molecular flexibility index (Phi) is 22.0.